The minimum Gasteiger partial charge on any atom is -0.463 e. The molecule has 5 nitrogen and oxygen atoms in total. The Morgan fingerprint density at radius 2 is 2.04 bits per heavy atom. The number of hydrogen-bond acceptors (Lipinski definition) is 3. The molecule has 1 aromatic heterocycles. The Kier molecular flexibility index (Phi) is 7.56. The third-order valence-electron chi connectivity index (χ3n) is 6.18. The van der Waals surface area contributed by atoms with Gasteiger partial charge in [-0.05, 0) is 43.7 Å². The third-order valence-corrected chi connectivity index (χ3v) is 6.18. The Labute approximate surface area is 157 Å². The summed E-state index contributed by atoms with van der Waals surface area (Å²) in [6.45, 7) is 6.39. The van der Waals surface area contributed by atoms with Crippen LogP contribution in [0.4, 0.5) is 0 Å². The highest BCUT2D eigenvalue weighted by atomic mass is 16.5. The van der Waals surface area contributed by atoms with Crippen molar-refractivity contribution in [1.82, 2.24) is 5.32 Å². The van der Waals surface area contributed by atoms with Crippen LogP contribution in [0.1, 0.15) is 63.7 Å². The molecule has 0 radical (unpaired) electrons. The van der Waals surface area contributed by atoms with Crippen molar-refractivity contribution in [3.05, 3.63) is 24.2 Å². The maximum Gasteiger partial charge on any atom is 0.223 e. The molecule has 2 heterocycles. The number of ether oxygens (including phenoxy) is 1. The standard InChI is InChI=1S/C21H34N2O3/c1-2-3-5-17-7-9-18(10-8-17)21(24)22-16-19(20-6-4-13-26-20)23-11-14-25-15-12-23/h4,6,13,17-19H,2-3,5,7-12,14-16H2,1H3,(H,22,24)/p+1/t17?,18?,19-/m1/s1. The van der Waals surface area contributed by atoms with Crippen LogP contribution in [0.25, 0.3) is 0 Å². The predicted molar refractivity (Wildman–Crippen MR) is 101 cm³/mol. The summed E-state index contributed by atoms with van der Waals surface area (Å²) in [6.07, 6.45) is 10.2. The van der Waals surface area contributed by atoms with Crippen LogP contribution in [-0.4, -0.2) is 38.8 Å². The zero-order valence-corrected chi connectivity index (χ0v) is 16.2. The molecule has 3 rings (SSSR count). The maximum absolute atomic E-state index is 12.7. The van der Waals surface area contributed by atoms with E-state index in [1.165, 1.54) is 37.0 Å². The molecule has 1 aromatic rings. The Balaban J connectivity index is 1.48. The van der Waals surface area contributed by atoms with Crippen molar-refractivity contribution in [3.8, 4) is 0 Å². The Bertz CT molecular complexity index is 517. The van der Waals surface area contributed by atoms with Crippen molar-refractivity contribution < 1.29 is 18.8 Å². The molecule has 2 N–H and O–H groups in total. The Hall–Kier alpha value is -1.33. The van der Waals surface area contributed by atoms with Gasteiger partial charge in [-0.3, -0.25) is 4.79 Å². The van der Waals surface area contributed by atoms with Gasteiger partial charge in [-0.1, -0.05) is 26.2 Å². The summed E-state index contributed by atoms with van der Waals surface area (Å²) in [5.74, 6) is 2.24. The van der Waals surface area contributed by atoms with E-state index >= 15 is 0 Å². The summed E-state index contributed by atoms with van der Waals surface area (Å²) in [5.41, 5.74) is 0. The Morgan fingerprint density at radius 3 is 2.69 bits per heavy atom. The number of unbranched alkanes of at least 4 members (excludes halogenated alkanes) is 1. The van der Waals surface area contributed by atoms with Gasteiger partial charge in [-0.25, -0.2) is 0 Å². The largest absolute Gasteiger partial charge is 0.463 e. The van der Waals surface area contributed by atoms with E-state index in [9.17, 15) is 4.79 Å². The summed E-state index contributed by atoms with van der Waals surface area (Å²) in [5, 5.41) is 3.24. The summed E-state index contributed by atoms with van der Waals surface area (Å²) in [4.78, 5) is 14.1. The Morgan fingerprint density at radius 1 is 1.27 bits per heavy atom. The summed E-state index contributed by atoms with van der Waals surface area (Å²) >= 11 is 0. The van der Waals surface area contributed by atoms with Crippen LogP contribution in [0.15, 0.2) is 22.8 Å². The van der Waals surface area contributed by atoms with Crippen LogP contribution in [0.3, 0.4) is 0 Å². The smallest absolute Gasteiger partial charge is 0.223 e. The highest BCUT2D eigenvalue weighted by Gasteiger charge is 2.31. The van der Waals surface area contributed by atoms with E-state index in [0.717, 1.165) is 50.8 Å². The van der Waals surface area contributed by atoms with Gasteiger partial charge in [-0.15, -0.1) is 0 Å². The first-order valence-electron chi connectivity index (χ1n) is 10.5. The molecule has 1 atom stereocenters. The van der Waals surface area contributed by atoms with Crippen LogP contribution in [0, 0.1) is 11.8 Å². The molecule has 0 spiro atoms. The van der Waals surface area contributed by atoms with Gasteiger partial charge < -0.3 is 19.4 Å². The molecule has 1 saturated carbocycles. The van der Waals surface area contributed by atoms with Gasteiger partial charge in [0, 0.05) is 5.92 Å². The van der Waals surface area contributed by atoms with E-state index in [4.69, 9.17) is 9.15 Å². The van der Waals surface area contributed by atoms with Gasteiger partial charge in [0.15, 0.2) is 11.8 Å². The third kappa shape index (κ3) is 5.34. The molecule has 5 heteroatoms. The molecule has 1 aliphatic carbocycles. The topological polar surface area (TPSA) is 55.9 Å². The van der Waals surface area contributed by atoms with Gasteiger partial charge in [0.05, 0.1) is 26.0 Å². The average Bonchev–Trinajstić information content (AvgIpc) is 3.22. The van der Waals surface area contributed by atoms with E-state index in [2.05, 4.69) is 12.2 Å². The van der Waals surface area contributed by atoms with E-state index in [1.807, 2.05) is 12.1 Å². The molecule has 2 fully saturated rings. The lowest BCUT2D eigenvalue weighted by Crippen LogP contribution is -3.15. The van der Waals surface area contributed by atoms with Crippen LogP contribution in [-0.2, 0) is 9.53 Å². The van der Waals surface area contributed by atoms with Gasteiger partial charge >= 0.3 is 0 Å². The number of nitrogens with one attached hydrogen (secondary N) is 2. The fourth-order valence-corrected chi connectivity index (χ4v) is 4.47. The van der Waals surface area contributed by atoms with Gasteiger partial charge in [0.1, 0.15) is 13.1 Å². The monoisotopic (exact) mass is 363 g/mol. The van der Waals surface area contributed by atoms with Crippen molar-refractivity contribution in [1.29, 1.82) is 0 Å². The highest BCUT2D eigenvalue weighted by Crippen LogP contribution is 2.32. The minimum atomic E-state index is 0.179. The number of carbonyl (C=O) groups is 1. The molecular weight excluding hydrogens is 328 g/mol. The fraction of sp³-hybridized carbons (Fsp3) is 0.762. The SMILES string of the molecule is CCCCC1CCC(C(=O)NC[C@H](c2ccco2)[NH+]2CCOCC2)CC1. The summed E-state index contributed by atoms with van der Waals surface area (Å²) in [7, 11) is 0. The van der Waals surface area contributed by atoms with Gasteiger partial charge in [-0.2, -0.15) is 0 Å². The molecule has 0 aromatic carbocycles. The van der Waals surface area contributed by atoms with Crippen molar-refractivity contribution >= 4 is 5.91 Å². The van der Waals surface area contributed by atoms with E-state index in [0.29, 0.717) is 6.54 Å². The van der Waals surface area contributed by atoms with Crippen molar-refractivity contribution in [2.75, 3.05) is 32.8 Å². The lowest BCUT2D eigenvalue weighted by Gasteiger charge is -2.31. The highest BCUT2D eigenvalue weighted by molar-refractivity contribution is 5.78. The number of morpholine rings is 1. The molecule has 0 unspecified atom stereocenters. The molecule has 2 aliphatic rings. The zero-order chi connectivity index (χ0) is 18.2. The number of carbonyl (C=O) groups excluding carboxylic acids is 1. The van der Waals surface area contributed by atoms with E-state index in [1.54, 1.807) is 6.26 Å². The lowest BCUT2D eigenvalue weighted by molar-refractivity contribution is -0.938. The fourth-order valence-electron chi connectivity index (χ4n) is 4.47. The zero-order valence-electron chi connectivity index (χ0n) is 16.2. The first kappa shape index (κ1) is 19.4. The molecule has 26 heavy (non-hydrogen) atoms. The predicted octanol–water partition coefficient (Wildman–Crippen LogP) is 2.35. The van der Waals surface area contributed by atoms with Gasteiger partial charge in [0.25, 0.3) is 0 Å². The number of furan rings is 1. The van der Waals surface area contributed by atoms with E-state index in [-0.39, 0.29) is 17.9 Å². The van der Waals surface area contributed by atoms with Gasteiger partial charge in [0.2, 0.25) is 5.91 Å². The average molecular weight is 364 g/mol. The number of hydrogen-bond donors (Lipinski definition) is 2. The molecular formula is C21H35N2O3+. The lowest BCUT2D eigenvalue weighted by atomic mass is 9.79. The molecule has 1 amide bonds. The molecule has 0 bridgehead atoms. The van der Waals surface area contributed by atoms with Crippen LogP contribution >= 0.6 is 0 Å². The second-order valence-corrected chi connectivity index (χ2v) is 7.94. The van der Waals surface area contributed by atoms with E-state index < -0.39 is 0 Å². The first-order chi connectivity index (χ1) is 12.8. The number of quaternary nitrogens is 1. The first-order valence-corrected chi connectivity index (χ1v) is 10.5. The quantitative estimate of drug-likeness (QED) is 0.745. The summed E-state index contributed by atoms with van der Waals surface area (Å²) in [6, 6.07) is 4.14. The molecule has 146 valence electrons. The molecule has 1 aliphatic heterocycles. The van der Waals surface area contributed by atoms with Crippen LogP contribution in [0.2, 0.25) is 0 Å². The number of rotatable bonds is 8. The maximum atomic E-state index is 12.7. The van der Waals surface area contributed by atoms with Crippen molar-refractivity contribution in [2.24, 2.45) is 11.8 Å². The normalized spacial score (nSPS) is 25.7. The second-order valence-electron chi connectivity index (χ2n) is 7.94. The van der Waals surface area contributed by atoms with Crippen molar-refractivity contribution in [3.63, 3.8) is 0 Å². The van der Waals surface area contributed by atoms with Crippen molar-refractivity contribution in [2.45, 2.75) is 57.9 Å². The second kappa shape index (κ2) is 10.1. The number of amides is 1. The van der Waals surface area contributed by atoms with Crippen LogP contribution in [0.5, 0.6) is 0 Å². The summed E-state index contributed by atoms with van der Waals surface area (Å²) < 4.78 is 11.2. The van der Waals surface area contributed by atoms with Crippen LogP contribution < -0.4 is 10.2 Å². The minimum absolute atomic E-state index is 0.179. The molecule has 1 saturated heterocycles.